The molecule has 1 N–H and O–H groups in total. The molecule has 0 amide bonds. The van der Waals surface area contributed by atoms with Crippen molar-refractivity contribution in [3.8, 4) is 0 Å². The van der Waals surface area contributed by atoms with E-state index in [1.165, 1.54) is 6.07 Å². The molecule has 0 saturated heterocycles. The fraction of sp³-hybridized carbons (Fsp3) is 0.273. The molecule has 0 fully saturated rings. The second-order valence-corrected chi connectivity index (χ2v) is 4.36. The minimum absolute atomic E-state index is 0.0341. The van der Waals surface area contributed by atoms with Crippen LogP contribution in [0.25, 0.3) is 0 Å². The van der Waals surface area contributed by atoms with Crippen molar-refractivity contribution in [1.82, 2.24) is 0 Å². The van der Waals surface area contributed by atoms with E-state index in [0.717, 1.165) is 6.07 Å². The fourth-order valence-electron chi connectivity index (χ4n) is 1.18. The van der Waals surface area contributed by atoms with Gasteiger partial charge < -0.3 is 5.32 Å². The van der Waals surface area contributed by atoms with Gasteiger partial charge in [-0.05, 0) is 18.2 Å². The molecule has 0 aliphatic carbocycles. The Bertz CT molecular complexity index is 404. The van der Waals surface area contributed by atoms with E-state index in [1.54, 1.807) is 18.2 Å². The van der Waals surface area contributed by atoms with E-state index in [4.69, 9.17) is 11.6 Å². The monoisotopic (exact) mass is 327 g/mol. The number of nitrogens with one attached hydrogen (secondary N) is 1. The Kier molecular flexibility index (Phi) is 5.33. The Balaban J connectivity index is 2.79. The average molecular weight is 329 g/mol. The molecule has 1 aromatic carbocycles. The maximum Gasteiger partial charge on any atom is 0.417 e. The quantitative estimate of drug-likeness (QED) is 0.625. The number of benzene rings is 1. The first-order chi connectivity index (χ1) is 7.95. The highest BCUT2D eigenvalue weighted by Gasteiger charge is 2.33. The molecule has 6 heteroatoms. The van der Waals surface area contributed by atoms with Crippen molar-refractivity contribution in [3.63, 3.8) is 0 Å². The van der Waals surface area contributed by atoms with Gasteiger partial charge in [-0.15, -0.1) is 11.6 Å². The normalized spacial score (nSPS) is 12.1. The molecule has 0 heterocycles. The van der Waals surface area contributed by atoms with Crippen LogP contribution in [0.2, 0.25) is 0 Å². The number of alkyl halides is 4. The van der Waals surface area contributed by atoms with Crippen LogP contribution in [0.1, 0.15) is 5.56 Å². The topological polar surface area (TPSA) is 12.0 Å². The molecule has 1 rings (SSSR count). The van der Waals surface area contributed by atoms with Gasteiger partial charge in [-0.25, -0.2) is 0 Å². The number of halogens is 5. The van der Waals surface area contributed by atoms with Crippen molar-refractivity contribution in [2.24, 2.45) is 0 Å². The molecular weight excluding hydrogens is 318 g/mol. The van der Waals surface area contributed by atoms with Gasteiger partial charge in [0, 0.05) is 22.6 Å². The molecule has 17 heavy (non-hydrogen) atoms. The lowest BCUT2D eigenvalue weighted by Gasteiger charge is -2.11. The Hall–Kier alpha value is -0.680. The van der Waals surface area contributed by atoms with E-state index >= 15 is 0 Å². The van der Waals surface area contributed by atoms with Crippen molar-refractivity contribution < 1.29 is 13.2 Å². The van der Waals surface area contributed by atoms with Crippen molar-refractivity contribution in [2.45, 2.75) is 6.18 Å². The summed E-state index contributed by atoms with van der Waals surface area (Å²) >= 11 is 8.30. The Morgan fingerprint density at radius 3 is 2.59 bits per heavy atom. The fourth-order valence-corrected chi connectivity index (χ4v) is 1.77. The summed E-state index contributed by atoms with van der Waals surface area (Å²) in [5.41, 5.74) is -0.274. The molecule has 0 atom stereocenters. The summed E-state index contributed by atoms with van der Waals surface area (Å²) in [6, 6.07) is 4.02. The highest BCUT2D eigenvalue weighted by atomic mass is 79.9. The second-order valence-electron chi connectivity index (χ2n) is 3.20. The van der Waals surface area contributed by atoms with Crippen LogP contribution in [0.5, 0.6) is 0 Å². The summed E-state index contributed by atoms with van der Waals surface area (Å²) in [5, 5.41) is 2.85. The van der Waals surface area contributed by atoms with E-state index < -0.39 is 11.7 Å². The van der Waals surface area contributed by atoms with Crippen LogP contribution >= 0.6 is 27.5 Å². The zero-order chi connectivity index (χ0) is 12.9. The van der Waals surface area contributed by atoms with Gasteiger partial charge in [0.25, 0.3) is 0 Å². The summed E-state index contributed by atoms with van der Waals surface area (Å²) in [4.78, 5) is 0. The third kappa shape index (κ3) is 4.60. The number of hydrogen-bond acceptors (Lipinski definition) is 1. The highest BCUT2D eigenvalue weighted by molar-refractivity contribution is 9.10. The zero-order valence-corrected chi connectivity index (χ0v) is 11.0. The van der Waals surface area contributed by atoms with Gasteiger partial charge in [0.05, 0.1) is 5.56 Å². The zero-order valence-electron chi connectivity index (χ0n) is 8.69. The first kappa shape index (κ1) is 14.4. The largest absolute Gasteiger partial charge is 0.417 e. The standard InChI is InChI=1S/C11H10BrClF3N/c12-10-4-3-8(17-6-2-1-5-13)7-9(10)11(14,15)16/h1-4,7,17H,5-6H2/b2-1+. The van der Waals surface area contributed by atoms with Crippen LogP contribution in [0.15, 0.2) is 34.8 Å². The van der Waals surface area contributed by atoms with Crippen molar-refractivity contribution in [2.75, 3.05) is 17.7 Å². The lowest BCUT2D eigenvalue weighted by Crippen LogP contribution is -2.07. The first-order valence-electron chi connectivity index (χ1n) is 4.76. The maximum absolute atomic E-state index is 12.6. The van der Waals surface area contributed by atoms with Gasteiger partial charge in [-0.2, -0.15) is 13.2 Å². The lowest BCUT2D eigenvalue weighted by molar-refractivity contribution is -0.138. The van der Waals surface area contributed by atoms with Gasteiger partial charge in [-0.1, -0.05) is 28.1 Å². The van der Waals surface area contributed by atoms with Crippen LogP contribution in [-0.4, -0.2) is 12.4 Å². The molecular formula is C11H10BrClF3N. The summed E-state index contributed by atoms with van der Waals surface area (Å²) in [6.45, 7) is 0.436. The molecule has 0 radical (unpaired) electrons. The second kappa shape index (κ2) is 6.31. The van der Waals surface area contributed by atoms with E-state index in [0.29, 0.717) is 18.1 Å². The van der Waals surface area contributed by atoms with Gasteiger partial charge in [0.15, 0.2) is 0 Å². The van der Waals surface area contributed by atoms with E-state index in [2.05, 4.69) is 21.2 Å². The molecule has 0 bridgehead atoms. The molecule has 0 aromatic heterocycles. The first-order valence-corrected chi connectivity index (χ1v) is 6.09. The molecule has 0 aliphatic rings. The third-order valence-electron chi connectivity index (χ3n) is 1.95. The van der Waals surface area contributed by atoms with E-state index in [1.807, 2.05) is 0 Å². The summed E-state index contributed by atoms with van der Waals surface area (Å²) in [5.74, 6) is 0.385. The van der Waals surface area contributed by atoms with E-state index in [9.17, 15) is 13.2 Å². The molecule has 1 nitrogen and oxygen atoms in total. The SMILES string of the molecule is FC(F)(F)c1cc(NC/C=C/CCl)ccc1Br. The number of allylic oxidation sites excluding steroid dienone is 1. The van der Waals surface area contributed by atoms with Crippen LogP contribution in [-0.2, 0) is 6.18 Å². The summed E-state index contributed by atoms with van der Waals surface area (Å²) in [7, 11) is 0. The van der Waals surface area contributed by atoms with Gasteiger partial charge in [0.1, 0.15) is 0 Å². The molecule has 0 aliphatic heterocycles. The molecule has 0 spiro atoms. The predicted molar refractivity (Wildman–Crippen MR) is 67.5 cm³/mol. The molecule has 0 saturated carbocycles. The minimum atomic E-state index is -4.36. The number of anilines is 1. The van der Waals surface area contributed by atoms with E-state index in [-0.39, 0.29) is 4.47 Å². The van der Waals surface area contributed by atoms with Gasteiger partial charge in [-0.3, -0.25) is 0 Å². The van der Waals surface area contributed by atoms with Gasteiger partial charge in [0.2, 0.25) is 0 Å². The molecule has 0 unspecified atom stereocenters. The Labute approximate surface area is 111 Å². The van der Waals surface area contributed by atoms with Crippen molar-refractivity contribution >= 4 is 33.2 Å². The lowest BCUT2D eigenvalue weighted by atomic mass is 10.2. The minimum Gasteiger partial charge on any atom is -0.382 e. The smallest absolute Gasteiger partial charge is 0.382 e. The van der Waals surface area contributed by atoms with Gasteiger partial charge >= 0.3 is 6.18 Å². The van der Waals surface area contributed by atoms with Crippen molar-refractivity contribution in [3.05, 3.63) is 40.4 Å². The molecule has 94 valence electrons. The predicted octanol–water partition coefficient (Wildman–Crippen LogP) is 4.67. The van der Waals surface area contributed by atoms with Crippen LogP contribution in [0.3, 0.4) is 0 Å². The Morgan fingerprint density at radius 2 is 2.00 bits per heavy atom. The summed E-state index contributed by atoms with van der Waals surface area (Å²) in [6.07, 6.45) is -0.886. The van der Waals surface area contributed by atoms with Crippen LogP contribution < -0.4 is 5.32 Å². The summed E-state index contributed by atoms with van der Waals surface area (Å²) < 4.78 is 37.8. The number of rotatable bonds is 4. The Morgan fingerprint density at radius 1 is 1.29 bits per heavy atom. The number of hydrogen-bond donors (Lipinski definition) is 1. The average Bonchev–Trinajstić information content (AvgIpc) is 2.25. The van der Waals surface area contributed by atoms with Crippen LogP contribution in [0, 0.1) is 0 Å². The third-order valence-corrected chi connectivity index (χ3v) is 2.82. The van der Waals surface area contributed by atoms with Crippen molar-refractivity contribution in [1.29, 1.82) is 0 Å². The van der Waals surface area contributed by atoms with Crippen LogP contribution in [0.4, 0.5) is 18.9 Å². The maximum atomic E-state index is 12.6. The highest BCUT2D eigenvalue weighted by Crippen LogP contribution is 2.36. The molecule has 1 aromatic rings.